The van der Waals surface area contributed by atoms with Gasteiger partial charge in [-0.2, -0.15) is 4.72 Å². The Labute approximate surface area is 170 Å². The Balaban J connectivity index is 1.57. The maximum absolute atomic E-state index is 12.8. The molecule has 1 saturated heterocycles. The molecule has 1 atom stereocenters. The largest absolute Gasteiger partial charge is 0.340 e. The molecule has 0 bridgehead atoms. The normalized spacial score (nSPS) is 17.3. The van der Waals surface area contributed by atoms with Gasteiger partial charge in [-0.3, -0.25) is 9.69 Å². The van der Waals surface area contributed by atoms with Crippen molar-refractivity contribution in [1.29, 1.82) is 0 Å². The third-order valence-electron chi connectivity index (χ3n) is 4.80. The Kier molecular flexibility index (Phi) is 6.82. The second-order valence-corrected chi connectivity index (χ2v) is 9.52. The van der Waals surface area contributed by atoms with Crippen molar-refractivity contribution in [3.63, 3.8) is 0 Å². The molecule has 9 heteroatoms. The molecule has 152 valence electrons. The smallest absolute Gasteiger partial charge is 0.241 e. The van der Waals surface area contributed by atoms with Gasteiger partial charge in [-0.25, -0.2) is 13.4 Å². The third-order valence-corrected chi connectivity index (χ3v) is 6.99. The van der Waals surface area contributed by atoms with Crippen LogP contribution in [0.25, 0.3) is 0 Å². The molecule has 28 heavy (non-hydrogen) atoms. The highest BCUT2D eigenvalue weighted by atomic mass is 32.2. The summed E-state index contributed by atoms with van der Waals surface area (Å²) in [6.45, 7) is 7.13. The van der Waals surface area contributed by atoms with Crippen LogP contribution < -0.4 is 4.72 Å². The van der Waals surface area contributed by atoms with Crippen LogP contribution in [0, 0.1) is 6.92 Å². The number of benzene rings is 1. The van der Waals surface area contributed by atoms with E-state index in [0.29, 0.717) is 13.1 Å². The zero-order valence-electron chi connectivity index (χ0n) is 16.2. The summed E-state index contributed by atoms with van der Waals surface area (Å²) in [7, 11) is -3.73. The molecule has 2 aromatic rings. The number of nitrogens with one attached hydrogen (secondary N) is 1. The highest BCUT2D eigenvalue weighted by Crippen LogP contribution is 2.13. The molecule has 1 aliphatic heterocycles. The van der Waals surface area contributed by atoms with Gasteiger partial charge in [-0.05, 0) is 32.4 Å². The standard InChI is InChI=1S/C19H26N4O3S2/c1-15-4-6-18(7-5-15)28(25,26)21-16(2)19(24)23-9-3-8-22(10-11-23)12-17-13-27-14-20-17/h4-7,13-14,16,21H,3,8-12H2,1-2H3/t16-/m0/s1. The first kappa shape index (κ1) is 20.9. The summed E-state index contributed by atoms with van der Waals surface area (Å²) >= 11 is 1.58. The lowest BCUT2D eigenvalue weighted by Crippen LogP contribution is -2.47. The minimum atomic E-state index is -3.73. The monoisotopic (exact) mass is 422 g/mol. The molecule has 1 aromatic carbocycles. The van der Waals surface area contributed by atoms with Crippen molar-refractivity contribution in [3.05, 3.63) is 46.4 Å². The predicted octanol–water partition coefficient (Wildman–Crippen LogP) is 1.85. The van der Waals surface area contributed by atoms with Crippen molar-refractivity contribution in [1.82, 2.24) is 19.5 Å². The van der Waals surface area contributed by atoms with E-state index in [0.717, 1.165) is 37.3 Å². The molecule has 0 aliphatic carbocycles. The highest BCUT2D eigenvalue weighted by molar-refractivity contribution is 7.89. The molecule has 1 aliphatic rings. The fourth-order valence-electron chi connectivity index (χ4n) is 3.24. The summed E-state index contributed by atoms with van der Waals surface area (Å²) in [4.78, 5) is 21.3. The number of aryl methyl sites for hydroxylation is 1. The minimum Gasteiger partial charge on any atom is -0.340 e. The number of amides is 1. The second-order valence-electron chi connectivity index (χ2n) is 7.09. The van der Waals surface area contributed by atoms with E-state index in [9.17, 15) is 13.2 Å². The van der Waals surface area contributed by atoms with Crippen molar-refractivity contribution in [3.8, 4) is 0 Å². The van der Waals surface area contributed by atoms with Gasteiger partial charge in [0.15, 0.2) is 0 Å². The molecule has 1 fully saturated rings. The number of rotatable bonds is 6. The average molecular weight is 423 g/mol. The molecular weight excluding hydrogens is 396 g/mol. The van der Waals surface area contributed by atoms with E-state index in [-0.39, 0.29) is 10.8 Å². The molecule has 7 nitrogen and oxygen atoms in total. The van der Waals surface area contributed by atoms with E-state index in [2.05, 4.69) is 14.6 Å². The lowest BCUT2D eigenvalue weighted by Gasteiger charge is -2.25. The Bertz CT molecular complexity index is 882. The lowest BCUT2D eigenvalue weighted by molar-refractivity contribution is -0.132. The number of aromatic nitrogens is 1. The number of thiazole rings is 1. The average Bonchev–Trinajstić information content (AvgIpc) is 3.05. The zero-order valence-corrected chi connectivity index (χ0v) is 17.8. The number of nitrogens with zero attached hydrogens (tertiary/aromatic N) is 3. The summed E-state index contributed by atoms with van der Waals surface area (Å²) < 4.78 is 27.6. The van der Waals surface area contributed by atoms with E-state index in [1.807, 2.05) is 17.8 Å². The van der Waals surface area contributed by atoms with Crippen LogP contribution in [-0.4, -0.2) is 61.3 Å². The fourth-order valence-corrected chi connectivity index (χ4v) is 4.98. The molecule has 0 saturated carbocycles. The summed E-state index contributed by atoms with van der Waals surface area (Å²) in [5.74, 6) is -0.189. The Morgan fingerprint density at radius 2 is 1.96 bits per heavy atom. The molecular formula is C19H26N4O3S2. The van der Waals surface area contributed by atoms with Crippen molar-refractivity contribution < 1.29 is 13.2 Å². The zero-order chi connectivity index (χ0) is 20.1. The molecule has 0 spiro atoms. The van der Waals surface area contributed by atoms with Gasteiger partial charge in [0.2, 0.25) is 15.9 Å². The van der Waals surface area contributed by atoms with Gasteiger partial charge in [-0.15, -0.1) is 11.3 Å². The summed E-state index contributed by atoms with van der Waals surface area (Å²) in [5, 5.41) is 2.04. The van der Waals surface area contributed by atoms with Crippen LogP contribution in [0.1, 0.15) is 24.6 Å². The summed E-state index contributed by atoms with van der Waals surface area (Å²) in [6, 6.07) is 5.78. The van der Waals surface area contributed by atoms with Gasteiger partial charge < -0.3 is 4.90 Å². The first-order valence-corrected chi connectivity index (χ1v) is 11.7. The maximum Gasteiger partial charge on any atom is 0.241 e. The van der Waals surface area contributed by atoms with E-state index < -0.39 is 16.1 Å². The predicted molar refractivity (Wildman–Crippen MR) is 110 cm³/mol. The molecule has 3 rings (SSSR count). The minimum absolute atomic E-state index is 0.169. The van der Waals surface area contributed by atoms with Crippen LogP contribution in [0.4, 0.5) is 0 Å². The van der Waals surface area contributed by atoms with Crippen molar-refractivity contribution >= 4 is 27.3 Å². The van der Waals surface area contributed by atoms with Gasteiger partial charge in [0.1, 0.15) is 0 Å². The van der Waals surface area contributed by atoms with E-state index in [1.54, 1.807) is 47.4 Å². The fraction of sp³-hybridized carbons (Fsp3) is 0.474. The van der Waals surface area contributed by atoms with Gasteiger partial charge in [0, 0.05) is 38.1 Å². The van der Waals surface area contributed by atoms with E-state index in [4.69, 9.17) is 0 Å². The number of carbonyl (C=O) groups excluding carboxylic acids is 1. The first-order chi connectivity index (χ1) is 13.3. The Morgan fingerprint density at radius 1 is 1.21 bits per heavy atom. The van der Waals surface area contributed by atoms with E-state index >= 15 is 0 Å². The first-order valence-electron chi connectivity index (χ1n) is 9.32. The number of carbonyl (C=O) groups is 1. The van der Waals surface area contributed by atoms with Gasteiger partial charge in [0.05, 0.1) is 22.1 Å². The number of hydrogen-bond acceptors (Lipinski definition) is 6. The van der Waals surface area contributed by atoms with Crippen molar-refractivity contribution in [2.75, 3.05) is 26.2 Å². The van der Waals surface area contributed by atoms with Crippen LogP contribution in [-0.2, 0) is 21.4 Å². The van der Waals surface area contributed by atoms with Gasteiger partial charge in [-0.1, -0.05) is 17.7 Å². The highest BCUT2D eigenvalue weighted by Gasteiger charge is 2.27. The molecule has 0 unspecified atom stereocenters. The SMILES string of the molecule is Cc1ccc(S(=O)(=O)N[C@@H](C)C(=O)N2CCCN(Cc3cscn3)CC2)cc1. The molecule has 0 radical (unpaired) electrons. The Morgan fingerprint density at radius 3 is 2.64 bits per heavy atom. The molecule has 1 amide bonds. The maximum atomic E-state index is 12.8. The Hall–Kier alpha value is -1.81. The quantitative estimate of drug-likeness (QED) is 0.768. The van der Waals surface area contributed by atoms with Crippen LogP contribution in [0.5, 0.6) is 0 Å². The number of hydrogen-bond donors (Lipinski definition) is 1. The lowest BCUT2D eigenvalue weighted by atomic mass is 10.2. The molecule has 1 aromatic heterocycles. The number of sulfonamides is 1. The topological polar surface area (TPSA) is 82.6 Å². The van der Waals surface area contributed by atoms with Gasteiger partial charge in [0.25, 0.3) is 0 Å². The summed E-state index contributed by atoms with van der Waals surface area (Å²) in [6.07, 6.45) is 0.854. The molecule has 1 N–H and O–H groups in total. The van der Waals surface area contributed by atoms with Crippen LogP contribution in [0.15, 0.2) is 40.1 Å². The second kappa shape index (κ2) is 9.13. The van der Waals surface area contributed by atoms with E-state index in [1.165, 1.54) is 0 Å². The van der Waals surface area contributed by atoms with Crippen molar-refractivity contribution in [2.24, 2.45) is 0 Å². The summed E-state index contributed by atoms with van der Waals surface area (Å²) in [5.41, 5.74) is 3.85. The third kappa shape index (κ3) is 5.38. The van der Waals surface area contributed by atoms with Crippen LogP contribution >= 0.6 is 11.3 Å². The van der Waals surface area contributed by atoms with Crippen molar-refractivity contribution in [2.45, 2.75) is 37.8 Å². The van der Waals surface area contributed by atoms with Crippen LogP contribution in [0.2, 0.25) is 0 Å². The van der Waals surface area contributed by atoms with Gasteiger partial charge >= 0.3 is 0 Å². The van der Waals surface area contributed by atoms with Crippen LogP contribution in [0.3, 0.4) is 0 Å². The molecule has 2 heterocycles.